The topological polar surface area (TPSA) is 59.0 Å². The molecule has 5 nitrogen and oxygen atoms in total. The Hall–Kier alpha value is -2.30. The third kappa shape index (κ3) is 5.93. The second-order valence-corrected chi connectivity index (χ2v) is 7.08. The molecule has 25 heavy (non-hydrogen) atoms. The molecule has 2 atom stereocenters. The quantitative estimate of drug-likeness (QED) is 0.761. The Morgan fingerprint density at radius 1 is 1.12 bits per heavy atom. The lowest BCUT2D eigenvalue weighted by molar-refractivity contribution is 0.234. The van der Waals surface area contributed by atoms with E-state index in [1.807, 2.05) is 48.1 Å². The van der Waals surface area contributed by atoms with Crippen LogP contribution in [0.15, 0.2) is 42.7 Å². The molecule has 0 saturated heterocycles. The van der Waals surface area contributed by atoms with Crippen LogP contribution in [0.4, 0.5) is 4.79 Å². The average molecular weight is 342 g/mol. The number of nitrogens with one attached hydrogen (secondary N) is 2. The summed E-state index contributed by atoms with van der Waals surface area (Å²) < 4.78 is 1.93. The Morgan fingerprint density at radius 3 is 2.44 bits per heavy atom. The highest BCUT2D eigenvalue weighted by molar-refractivity contribution is 5.75. The van der Waals surface area contributed by atoms with Crippen molar-refractivity contribution < 1.29 is 4.79 Å². The van der Waals surface area contributed by atoms with Gasteiger partial charge in [0.05, 0.1) is 0 Å². The third-order valence-electron chi connectivity index (χ3n) is 4.32. The summed E-state index contributed by atoms with van der Waals surface area (Å²) in [6.45, 7) is 6.50. The number of carbonyl (C=O) groups excluding carboxylic acids is 1. The van der Waals surface area contributed by atoms with Gasteiger partial charge in [0.25, 0.3) is 0 Å². The highest BCUT2D eigenvalue weighted by atomic mass is 16.2. The molecule has 136 valence electrons. The zero-order valence-corrected chi connectivity index (χ0v) is 15.7. The van der Waals surface area contributed by atoms with Crippen LogP contribution in [-0.2, 0) is 7.05 Å². The lowest BCUT2D eigenvalue weighted by atomic mass is 10.0. The Morgan fingerprint density at radius 2 is 1.84 bits per heavy atom. The molecule has 1 aromatic heterocycles. The number of aromatic nitrogens is 2. The van der Waals surface area contributed by atoms with E-state index in [4.69, 9.17) is 0 Å². The van der Waals surface area contributed by atoms with Crippen molar-refractivity contribution in [2.24, 2.45) is 13.0 Å². The number of carbonyl (C=O) groups is 1. The molecule has 0 aliphatic carbocycles. The van der Waals surface area contributed by atoms with E-state index in [9.17, 15) is 4.79 Å². The number of aryl methyl sites for hydroxylation is 1. The van der Waals surface area contributed by atoms with Gasteiger partial charge in [0.15, 0.2) is 0 Å². The smallest absolute Gasteiger partial charge is 0.315 e. The molecule has 5 heteroatoms. The van der Waals surface area contributed by atoms with Gasteiger partial charge in [0.2, 0.25) is 0 Å². The van der Waals surface area contributed by atoms with Crippen LogP contribution >= 0.6 is 0 Å². The molecule has 0 saturated carbocycles. The van der Waals surface area contributed by atoms with E-state index < -0.39 is 0 Å². The number of hydrogen-bond donors (Lipinski definition) is 2. The molecule has 0 spiro atoms. The Balaban J connectivity index is 2.00. The van der Waals surface area contributed by atoms with Crippen LogP contribution in [0.1, 0.15) is 57.5 Å². The molecule has 2 aromatic rings. The van der Waals surface area contributed by atoms with Crippen molar-refractivity contribution in [2.75, 3.05) is 0 Å². The fraction of sp³-hybridized carbons (Fsp3) is 0.500. The maximum Gasteiger partial charge on any atom is 0.315 e. The van der Waals surface area contributed by atoms with Crippen molar-refractivity contribution in [1.29, 1.82) is 0 Å². The lowest BCUT2D eigenvalue weighted by Gasteiger charge is -2.21. The number of benzene rings is 1. The van der Waals surface area contributed by atoms with Gasteiger partial charge in [-0.15, -0.1) is 0 Å². The molecule has 0 aliphatic heterocycles. The molecular weight excluding hydrogens is 312 g/mol. The number of hydrogen-bond acceptors (Lipinski definition) is 2. The molecule has 0 aliphatic rings. The first-order valence-electron chi connectivity index (χ1n) is 9.06. The first-order valence-corrected chi connectivity index (χ1v) is 9.06. The standard InChI is InChI=1S/C20H30N4O/c1-15(2)9-8-10-16(3)22-20(25)23-18(17-11-6-5-7-12-17)19-21-13-14-24(19)4/h5-7,11-16,18H,8-10H2,1-4H3,(H2,22,23,25)/t16-,18+/m0/s1. The molecule has 2 amide bonds. The second kappa shape index (κ2) is 9.25. The van der Waals surface area contributed by atoms with Gasteiger partial charge in [0, 0.05) is 25.5 Å². The van der Waals surface area contributed by atoms with Gasteiger partial charge in [-0.25, -0.2) is 9.78 Å². The van der Waals surface area contributed by atoms with Crippen LogP contribution in [0, 0.1) is 5.92 Å². The summed E-state index contributed by atoms with van der Waals surface area (Å²) in [7, 11) is 1.94. The molecule has 0 unspecified atom stereocenters. The summed E-state index contributed by atoms with van der Waals surface area (Å²) in [6, 6.07) is 9.64. The van der Waals surface area contributed by atoms with Crippen LogP contribution in [0.5, 0.6) is 0 Å². The first-order chi connectivity index (χ1) is 12.0. The monoisotopic (exact) mass is 342 g/mol. The van der Waals surface area contributed by atoms with E-state index in [0.717, 1.165) is 24.2 Å². The minimum atomic E-state index is -0.274. The molecular formula is C20H30N4O. The van der Waals surface area contributed by atoms with Crippen LogP contribution in [-0.4, -0.2) is 21.6 Å². The normalized spacial score (nSPS) is 13.5. The zero-order valence-electron chi connectivity index (χ0n) is 15.7. The molecule has 2 N–H and O–H groups in total. The summed E-state index contributed by atoms with van der Waals surface area (Å²) in [6.07, 6.45) is 6.94. The maximum absolute atomic E-state index is 12.5. The summed E-state index contributed by atoms with van der Waals surface area (Å²) in [5.74, 6) is 1.51. The van der Waals surface area contributed by atoms with Gasteiger partial charge in [-0.1, -0.05) is 57.0 Å². The Bertz CT molecular complexity index is 651. The minimum Gasteiger partial charge on any atom is -0.336 e. The van der Waals surface area contributed by atoms with Gasteiger partial charge in [-0.3, -0.25) is 0 Å². The number of imidazole rings is 1. The molecule has 0 fully saturated rings. The van der Waals surface area contributed by atoms with Crippen LogP contribution in [0.3, 0.4) is 0 Å². The SMILES string of the molecule is CC(C)CCC[C@H](C)NC(=O)N[C@H](c1ccccc1)c1nccn1C. The van der Waals surface area contributed by atoms with Crippen LogP contribution in [0.25, 0.3) is 0 Å². The Labute approximate surface area is 150 Å². The average Bonchev–Trinajstić information content (AvgIpc) is 2.99. The molecule has 1 aromatic carbocycles. The predicted octanol–water partition coefficient (Wildman–Crippen LogP) is 4.02. The van der Waals surface area contributed by atoms with Crippen LogP contribution < -0.4 is 10.6 Å². The summed E-state index contributed by atoms with van der Waals surface area (Å²) in [4.78, 5) is 16.9. The summed E-state index contributed by atoms with van der Waals surface area (Å²) in [5, 5.41) is 6.12. The van der Waals surface area contributed by atoms with Crippen molar-refractivity contribution in [3.63, 3.8) is 0 Å². The highest BCUT2D eigenvalue weighted by Gasteiger charge is 2.21. The van der Waals surface area contributed by atoms with E-state index in [0.29, 0.717) is 5.92 Å². The first kappa shape index (κ1) is 19.0. The molecule has 0 radical (unpaired) electrons. The van der Waals surface area contributed by atoms with Gasteiger partial charge in [-0.05, 0) is 24.8 Å². The highest BCUT2D eigenvalue weighted by Crippen LogP contribution is 2.20. The van der Waals surface area contributed by atoms with E-state index in [1.54, 1.807) is 6.20 Å². The maximum atomic E-state index is 12.5. The van der Waals surface area contributed by atoms with E-state index in [1.165, 1.54) is 6.42 Å². The summed E-state index contributed by atoms with van der Waals surface area (Å²) >= 11 is 0. The van der Waals surface area contributed by atoms with Gasteiger partial charge in [-0.2, -0.15) is 0 Å². The number of nitrogens with zero attached hydrogens (tertiary/aromatic N) is 2. The van der Waals surface area contributed by atoms with Gasteiger partial charge < -0.3 is 15.2 Å². The van der Waals surface area contributed by atoms with Crippen molar-refractivity contribution in [2.45, 2.75) is 52.1 Å². The Kier molecular flexibility index (Phi) is 7.04. The fourth-order valence-electron chi connectivity index (χ4n) is 2.90. The number of rotatable bonds is 8. The zero-order chi connectivity index (χ0) is 18.2. The lowest BCUT2D eigenvalue weighted by Crippen LogP contribution is -2.43. The van der Waals surface area contributed by atoms with Gasteiger partial charge >= 0.3 is 6.03 Å². The largest absolute Gasteiger partial charge is 0.336 e. The van der Waals surface area contributed by atoms with Crippen molar-refractivity contribution in [3.8, 4) is 0 Å². The number of amides is 2. The fourth-order valence-corrected chi connectivity index (χ4v) is 2.90. The molecule has 2 rings (SSSR count). The van der Waals surface area contributed by atoms with Gasteiger partial charge in [0.1, 0.15) is 11.9 Å². The third-order valence-corrected chi connectivity index (χ3v) is 4.32. The van der Waals surface area contributed by atoms with E-state index >= 15 is 0 Å². The second-order valence-electron chi connectivity index (χ2n) is 7.08. The van der Waals surface area contributed by atoms with E-state index in [-0.39, 0.29) is 18.1 Å². The molecule has 0 bridgehead atoms. The summed E-state index contributed by atoms with van der Waals surface area (Å²) in [5.41, 5.74) is 1.01. The molecule has 1 heterocycles. The van der Waals surface area contributed by atoms with E-state index in [2.05, 4.69) is 36.4 Å². The number of urea groups is 1. The predicted molar refractivity (Wildman–Crippen MR) is 101 cm³/mol. The van der Waals surface area contributed by atoms with Crippen LogP contribution in [0.2, 0.25) is 0 Å². The van der Waals surface area contributed by atoms with Crippen molar-refractivity contribution in [3.05, 3.63) is 54.1 Å². The van der Waals surface area contributed by atoms with Crippen molar-refractivity contribution >= 4 is 6.03 Å². The van der Waals surface area contributed by atoms with Crippen molar-refractivity contribution in [1.82, 2.24) is 20.2 Å². The minimum absolute atomic E-state index is 0.150.